The Bertz CT molecular complexity index is 852. The molecule has 102 valence electrons. The Morgan fingerprint density at radius 2 is 2.30 bits per heavy atom. The number of nitrogens with zero attached hydrogens (tertiary/aromatic N) is 3. The maximum Gasteiger partial charge on any atom is 0.293 e. The number of hydrogen-bond donors (Lipinski definition) is 2. The van der Waals surface area contributed by atoms with E-state index in [1.165, 1.54) is 11.3 Å². The van der Waals surface area contributed by atoms with Crippen LogP contribution in [0.4, 0.5) is 5.95 Å². The predicted octanol–water partition coefficient (Wildman–Crippen LogP) is 1.69. The Balaban J connectivity index is 2.00. The molecular weight excluding hydrogens is 302 g/mol. The fourth-order valence-electron chi connectivity index (χ4n) is 1.63. The summed E-state index contributed by atoms with van der Waals surface area (Å²) in [6, 6.07) is 3.46. The molecule has 0 unspecified atom stereocenters. The molecule has 0 saturated heterocycles. The van der Waals surface area contributed by atoms with Crippen LogP contribution in [0.5, 0.6) is 0 Å². The maximum atomic E-state index is 11.9. The SMILES string of the molecule is Cc1nc2nc(NC(=O)c3cccs3)[nH]n2c(=O)c1Cl. The summed E-state index contributed by atoms with van der Waals surface area (Å²) in [4.78, 5) is 32.4. The quantitative estimate of drug-likeness (QED) is 0.753. The molecule has 0 aliphatic rings. The van der Waals surface area contributed by atoms with Gasteiger partial charge in [-0.05, 0) is 18.4 Å². The Labute approximate surface area is 121 Å². The number of amides is 1. The van der Waals surface area contributed by atoms with Crippen molar-refractivity contribution in [2.75, 3.05) is 5.32 Å². The molecule has 0 fully saturated rings. The van der Waals surface area contributed by atoms with E-state index in [1.807, 2.05) is 0 Å². The molecule has 3 heterocycles. The van der Waals surface area contributed by atoms with Crippen LogP contribution in [0.3, 0.4) is 0 Å². The molecule has 1 amide bonds. The maximum absolute atomic E-state index is 11.9. The lowest BCUT2D eigenvalue weighted by Crippen LogP contribution is -2.17. The largest absolute Gasteiger partial charge is 0.293 e. The van der Waals surface area contributed by atoms with Gasteiger partial charge in [-0.25, -0.2) is 4.98 Å². The van der Waals surface area contributed by atoms with Gasteiger partial charge in [0.1, 0.15) is 5.02 Å². The fraction of sp³-hybridized carbons (Fsp3) is 0.0909. The number of carbonyl (C=O) groups excluding carboxylic acids is 1. The van der Waals surface area contributed by atoms with Crippen molar-refractivity contribution in [2.45, 2.75) is 6.92 Å². The van der Waals surface area contributed by atoms with Crippen molar-refractivity contribution in [1.29, 1.82) is 0 Å². The number of H-pyrrole nitrogens is 1. The van der Waals surface area contributed by atoms with E-state index >= 15 is 0 Å². The monoisotopic (exact) mass is 309 g/mol. The molecule has 0 aromatic carbocycles. The summed E-state index contributed by atoms with van der Waals surface area (Å²) < 4.78 is 1.08. The molecule has 0 radical (unpaired) electrons. The van der Waals surface area contributed by atoms with E-state index in [1.54, 1.807) is 24.4 Å². The predicted molar refractivity (Wildman–Crippen MR) is 75.6 cm³/mol. The van der Waals surface area contributed by atoms with Crippen molar-refractivity contribution in [3.05, 3.63) is 43.5 Å². The first-order valence-corrected chi connectivity index (χ1v) is 6.82. The van der Waals surface area contributed by atoms with Gasteiger partial charge < -0.3 is 0 Å². The van der Waals surface area contributed by atoms with Gasteiger partial charge in [0.05, 0.1) is 10.6 Å². The summed E-state index contributed by atoms with van der Waals surface area (Å²) in [6.45, 7) is 1.61. The van der Waals surface area contributed by atoms with Crippen molar-refractivity contribution in [2.24, 2.45) is 0 Å². The van der Waals surface area contributed by atoms with Crippen LogP contribution < -0.4 is 10.9 Å². The highest BCUT2D eigenvalue weighted by Crippen LogP contribution is 2.12. The van der Waals surface area contributed by atoms with Crippen LogP contribution in [0.15, 0.2) is 22.3 Å². The summed E-state index contributed by atoms with van der Waals surface area (Å²) in [5.41, 5.74) is -0.0717. The van der Waals surface area contributed by atoms with Gasteiger partial charge in [0, 0.05) is 0 Å². The van der Waals surface area contributed by atoms with Gasteiger partial charge >= 0.3 is 0 Å². The van der Waals surface area contributed by atoms with Gasteiger partial charge in [-0.3, -0.25) is 20.0 Å². The van der Waals surface area contributed by atoms with Gasteiger partial charge in [0.15, 0.2) is 0 Å². The molecule has 2 N–H and O–H groups in total. The average molecular weight is 310 g/mol. The molecular formula is C11H8ClN5O2S. The number of thiophene rings is 1. The van der Waals surface area contributed by atoms with Crippen molar-refractivity contribution >= 4 is 40.6 Å². The number of carbonyl (C=O) groups is 1. The number of hydrogen-bond acceptors (Lipinski definition) is 5. The van der Waals surface area contributed by atoms with Crippen molar-refractivity contribution in [3.63, 3.8) is 0 Å². The minimum absolute atomic E-state index is 0.0160. The van der Waals surface area contributed by atoms with Crippen molar-refractivity contribution in [1.82, 2.24) is 19.6 Å². The third kappa shape index (κ3) is 2.08. The van der Waals surface area contributed by atoms with Gasteiger partial charge in [0.25, 0.3) is 17.2 Å². The van der Waals surface area contributed by atoms with Crippen LogP contribution in [0.1, 0.15) is 15.4 Å². The van der Waals surface area contributed by atoms with Crippen LogP contribution in [-0.4, -0.2) is 25.5 Å². The van der Waals surface area contributed by atoms with E-state index in [9.17, 15) is 9.59 Å². The van der Waals surface area contributed by atoms with Crippen LogP contribution in [0, 0.1) is 6.92 Å². The lowest BCUT2D eigenvalue weighted by Gasteiger charge is -1.97. The number of aryl methyl sites for hydroxylation is 1. The molecule has 0 saturated carbocycles. The lowest BCUT2D eigenvalue weighted by molar-refractivity contribution is 0.102. The smallest absolute Gasteiger partial charge is 0.290 e. The summed E-state index contributed by atoms with van der Waals surface area (Å²) in [6.07, 6.45) is 0. The molecule has 3 rings (SSSR count). The molecule has 0 atom stereocenters. The number of aromatic nitrogens is 4. The van der Waals surface area contributed by atoms with E-state index in [-0.39, 0.29) is 22.7 Å². The Morgan fingerprint density at radius 3 is 3.00 bits per heavy atom. The number of aromatic amines is 1. The summed E-state index contributed by atoms with van der Waals surface area (Å²) >= 11 is 7.13. The number of anilines is 1. The molecule has 3 aromatic rings. The second-order valence-electron chi connectivity index (χ2n) is 3.96. The molecule has 7 nitrogen and oxygen atoms in total. The highest BCUT2D eigenvalue weighted by molar-refractivity contribution is 7.12. The van der Waals surface area contributed by atoms with E-state index in [0.29, 0.717) is 10.6 Å². The van der Waals surface area contributed by atoms with E-state index in [2.05, 4.69) is 20.4 Å². The minimum Gasteiger partial charge on any atom is -0.290 e. The van der Waals surface area contributed by atoms with E-state index in [4.69, 9.17) is 11.6 Å². The van der Waals surface area contributed by atoms with Crippen molar-refractivity contribution < 1.29 is 4.79 Å². The van der Waals surface area contributed by atoms with Crippen LogP contribution >= 0.6 is 22.9 Å². The first kappa shape index (κ1) is 12.8. The summed E-state index contributed by atoms with van der Waals surface area (Å²) in [5.74, 6) is -0.0250. The van der Waals surface area contributed by atoms with Gasteiger partial charge in [-0.15, -0.1) is 11.3 Å². The fourth-order valence-corrected chi connectivity index (χ4v) is 2.38. The number of rotatable bonds is 2. The van der Waals surface area contributed by atoms with Gasteiger partial charge in [0.2, 0.25) is 5.95 Å². The number of halogens is 1. The molecule has 9 heteroatoms. The molecule has 0 spiro atoms. The zero-order valence-electron chi connectivity index (χ0n) is 10.2. The second-order valence-corrected chi connectivity index (χ2v) is 5.28. The normalized spacial score (nSPS) is 10.9. The third-order valence-electron chi connectivity index (χ3n) is 2.58. The number of fused-ring (bicyclic) bond motifs is 1. The minimum atomic E-state index is -0.460. The zero-order chi connectivity index (χ0) is 14.3. The highest BCUT2D eigenvalue weighted by atomic mass is 35.5. The highest BCUT2D eigenvalue weighted by Gasteiger charge is 2.14. The topological polar surface area (TPSA) is 92.2 Å². The first-order valence-electron chi connectivity index (χ1n) is 5.56. The molecule has 20 heavy (non-hydrogen) atoms. The number of nitrogens with one attached hydrogen (secondary N) is 2. The van der Waals surface area contributed by atoms with Crippen LogP contribution in [0.25, 0.3) is 5.78 Å². The van der Waals surface area contributed by atoms with Crippen LogP contribution in [0.2, 0.25) is 5.02 Å². The Kier molecular flexibility index (Phi) is 3.03. The lowest BCUT2D eigenvalue weighted by atomic mass is 10.4. The zero-order valence-corrected chi connectivity index (χ0v) is 11.7. The molecule has 0 aliphatic heterocycles. The summed E-state index contributed by atoms with van der Waals surface area (Å²) in [5, 5.41) is 7.02. The third-order valence-corrected chi connectivity index (χ3v) is 3.89. The average Bonchev–Trinajstić information content (AvgIpc) is 3.05. The van der Waals surface area contributed by atoms with Gasteiger partial charge in [-0.1, -0.05) is 17.7 Å². The van der Waals surface area contributed by atoms with Crippen LogP contribution in [-0.2, 0) is 0 Å². The molecule has 0 aliphatic carbocycles. The molecule has 3 aromatic heterocycles. The Morgan fingerprint density at radius 1 is 1.50 bits per heavy atom. The summed E-state index contributed by atoms with van der Waals surface area (Å²) in [7, 11) is 0. The van der Waals surface area contributed by atoms with Crippen molar-refractivity contribution in [3.8, 4) is 0 Å². The molecule has 0 bridgehead atoms. The first-order chi connectivity index (χ1) is 9.56. The second kappa shape index (κ2) is 4.73. The van der Waals surface area contributed by atoms with E-state index in [0.717, 1.165) is 4.52 Å². The standard InChI is InChI=1S/C11H8ClN5O2S/c1-5-7(12)9(19)17-11(13-5)15-10(16-17)14-8(18)6-3-2-4-20-6/h2-4H,1H3,(H2,13,14,15,16,18). The Hall–Kier alpha value is -2.19. The van der Waals surface area contributed by atoms with E-state index < -0.39 is 5.56 Å². The van der Waals surface area contributed by atoms with Gasteiger partial charge in [-0.2, -0.15) is 9.50 Å².